The van der Waals surface area contributed by atoms with Crippen molar-refractivity contribution in [1.82, 2.24) is 4.90 Å². The number of methoxy groups -OCH3 is 1. The highest BCUT2D eigenvalue weighted by Crippen LogP contribution is 2.15. The molecule has 0 saturated heterocycles. The molecule has 21 heavy (non-hydrogen) atoms. The van der Waals surface area contributed by atoms with E-state index in [1.165, 1.54) is 0 Å². The van der Waals surface area contributed by atoms with Crippen LogP contribution in [-0.2, 0) is 9.53 Å². The first-order valence-corrected chi connectivity index (χ1v) is 7.91. The van der Waals surface area contributed by atoms with E-state index < -0.39 is 0 Å². The SMILES string of the molecule is CC.CCCN(CCC)C(=O)C1=CCC(OC)=CC(C)=N1. The van der Waals surface area contributed by atoms with E-state index in [0.717, 1.165) is 37.4 Å². The van der Waals surface area contributed by atoms with Crippen molar-refractivity contribution in [3.05, 3.63) is 23.6 Å². The van der Waals surface area contributed by atoms with E-state index in [9.17, 15) is 4.79 Å². The first kappa shape index (κ1) is 19.4. The van der Waals surface area contributed by atoms with Crippen LogP contribution in [0, 0.1) is 0 Å². The molecule has 0 aromatic rings. The highest BCUT2D eigenvalue weighted by Gasteiger charge is 2.18. The molecule has 0 atom stereocenters. The summed E-state index contributed by atoms with van der Waals surface area (Å²) in [7, 11) is 1.64. The van der Waals surface area contributed by atoms with Crippen LogP contribution in [0.2, 0.25) is 0 Å². The van der Waals surface area contributed by atoms with E-state index in [1.807, 2.05) is 37.8 Å². The molecule has 1 heterocycles. The monoisotopic (exact) mass is 294 g/mol. The molecule has 0 radical (unpaired) electrons. The molecule has 0 spiro atoms. The zero-order chi connectivity index (χ0) is 16.3. The summed E-state index contributed by atoms with van der Waals surface area (Å²) in [6, 6.07) is 0. The van der Waals surface area contributed by atoms with E-state index in [4.69, 9.17) is 4.74 Å². The van der Waals surface area contributed by atoms with E-state index in [-0.39, 0.29) is 5.91 Å². The number of nitrogens with zero attached hydrogens (tertiary/aromatic N) is 2. The second kappa shape index (κ2) is 11.1. The number of aliphatic imine (C=N–C) groups is 1. The van der Waals surface area contributed by atoms with Gasteiger partial charge in [0, 0.05) is 25.2 Å². The first-order valence-electron chi connectivity index (χ1n) is 7.91. The van der Waals surface area contributed by atoms with Crippen LogP contribution in [0.5, 0.6) is 0 Å². The summed E-state index contributed by atoms with van der Waals surface area (Å²) in [5, 5.41) is 0. The lowest BCUT2D eigenvalue weighted by Crippen LogP contribution is -2.33. The predicted octanol–water partition coefficient (Wildman–Crippen LogP) is 3.94. The van der Waals surface area contributed by atoms with E-state index in [0.29, 0.717) is 12.1 Å². The number of hydrogen-bond donors (Lipinski definition) is 0. The minimum Gasteiger partial charge on any atom is -0.501 e. The van der Waals surface area contributed by atoms with Crippen molar-refractivity contribution in [2.45, 2.75) is 53.9 Å². The lowest BCUT2D eigenvalue weighted by Gasteiger charge is -2.21. The maximum absolute atomic E-state index is 12.5. The molecule has 0 fully saturated rings. The minimum absolute atomic E-state index is 0.0220. The third-order valence-electron chi connectivity index (χ3n) is 2.92. The van der Waals surface area contributed by atoms with Crippen molar-refractivity contribution in [2.75, 3.05) is 20.2 Å². The summed E-state index contributed by atoms with van der Waals surface area (Å²) >= 11 is 0. The summed E-state index contributed by atoms with van der Waals surface area (Å²) in [6.07, 6.45) is 6.27. The van der Waals surface area contributed by atoms with Gasteiger partial charge in [0.1, 0.15) is 11.5 Å². The lowest BCUT2D eigenvalue weighted by atomic mass is 10.2. The Morgan fingerprint density at radius 3 is 2.33 bits per heavy atom. The summed E-state index contributed by atoms with van der Waals surface area (Å²) < 4.78 is 5.24. The van der Waals surface area contributed by atoms with Gasteiger partial charge < -0.3 is 9.64 Å². The fourth-order valence-electron chi connectivity index (χ4n) is 2.05. The van der Waals surface area contributed by atoms with Crippen LogP contribution in [0.3, 0.4) is 0 Å². The van der Waals surface area contributed by atoms with Crippen molar-refractivity contribution < 1.29 is 9.53 Å². The van der Waals surface area contributed by atoms with Crippen LogP contribution < -0.4 is 0 Å². The van der Waals surface area contributed by atoms with Crippen molar-refractivity contribution in [2.24, 2.45) is 4.99 Å². The number of rotatable bonds is 6. The number of hydrogen-bond acceptors (Lipinski definition) is 3. The van der Waals surface area contributed by atoms with Crippen LogP contribution >= 0.6 is 0 Å². The van der Waals surface area contributed by atoms with Gasteiger partial charge in [-0.2, -0.15) is 0 Å². The smallest absolute Gasteiger partial charge is 0.272 e. The Bertz CT molecular complexity index is 403. The molecule has 1 aliphatic heterocycles. The summed E-state index contributed by atoms with van der Waals surface area (Å²) in [4.78, 5) is 18.7. The molecule has 0 aromatic carbocycles. The molecule has 0 aromatic heterocycles. The Hall–Kier alpha value is -1.58. The Morgan fingerprint density at radius 2 is 1.86 bits per heavy atom. The molecule has 0 saturated carbocycles. The van der Waals surface area contributed by atoms with Crippen LogP contribution in [-0.4, -0.2) is 36.7 Å². The normalized spacial score (nSPS) is 13.9. The molecule has 0 aliphatic carbocycles. The fraction of sp³-hybridized carbons (Fsp3) is 0.647. The van der Waals surface area contributed by atoms with Crippen molar-refractivity contribution in [3.63, 3.8) is 0 Å². The van der Waals surface area contributed by atoms with E-state index in [1.54, 1.807) is 7.11 Å². The molecule has 0 bridgehead atoms. The second-order valence-electron chi connectivity index (χ2n) is 4.65. The quantitative estimate of drug-likeness (QED) is 0.744. The average molecular weight is 294 g/mol. The second-order valence-corrected chi connectivity index (χ2v) is 4.65. The fourth-order valence-corrected chi connectivity index (χ4v) is 2.05. The van der Waals surface area contributed by atoms with Gasteiger partial charge in [0.05, 0.1) is 7.11 Å². The lowest BCUT2D eigenvalue weighted by molar-refractivity contribution is -0.127. The van der Waals surface area contributed by atoms with Crippen molar-refractivity contribution in [3.8, 4) is 0 Å². The molecule has 1 aliphatic rings. The van der Waals surface area contributed by atoms with Crippen LogP contribution in [0.1, 0.15) is 53.9 Å². The van der Waals surface area contributed by atoms with Gasteiger partial charge in [-0.1, -0.05) is 27.7 Å². The number of amides is 1. The zero-order valence-electron chi connectivity index (χ0n) is 14.4. The third-order valence-corrected chi connectivity index (χ3v) is 2.92. The molecule has 4 heteroatoms. The van der Waals surface area contributed by atoms with Crippen LogP contribution in [0.4, 0.5) is 0 Å². The average Bonchev–Trinajstić information content (AvgIpc) is 2.69. The van der Waals surface area contributed by atoms with Gasteiger partial charge in [-0.05, 0) is 31.9 Å². The van der Waals surface area contributed by atoms with Gasteiger partial charge in [0.2, 0.25) is 0 Å². The number of allylic oxidation sites excluding steroid dienone is 2. The van der Waals surface area contributed by atoms with Gasteiger partial charge in [-0.3, -0.25) is 4.79 Å². The van der Waals surface area contributed by atoms with Crippen molar-refractivity contribution in [1.29, 1.82) is 0 Å². The molecular formula is C17H30N2O2. The van der Waals surface area contributed by atoms with Gasteiger partial charge in [-0.15, -0.1) is 0 Å². The highest BCUT2D eigenvalue weighted by molar-refractivity contribution is 6.01. The van der Waals surface area contributed by atoms with E-state index in [2.05, 4.69) is 18.8 Å². The van der Waals surface area contributed by atoms with Gasteiger partial charge in [0.15, 0.2) is 0 Å². The summed E-state index contributed by atoms with van der Waals surface area (Å²) in [5.41, 5.74) is 1.34. The Kier molecular flexibility index (Phi) is 10.3. The van der Waals surface area contributed by atoms with Gasteiger partial charge in [-0.25, -0.2) is 4.99 Å². The van der Waals surface area contributed by atoms with Crippen LogP contribution in [0.25, 0.3) is 0 Å². The molecular weight excluding hydrogens is 264 g/mol. The molecule has 1 amide bonds. The van der Waals surface area contributed by atoms with Gasteiger partial charge in [0.25, 0.3) is 5.91 Å². The molecule has 120 valence electrons. The Labute approximate surface area is 129 Å². The maximum atomic E-state index is 12.5. The summed E-state index contributed by atoms with van der Waals surface area (Å²) in [5.74, 6) is 0.857. The topological polar surface area (TPSA) is 41.9 Å². The van der Waals surface area contributed by atoms with Crippen LogP contribution in [0.15, 0.2) is 28.6 Å². The predicted molar refractivity (Wildman–Crippen MR) is 89.4 cm³/mol. The first-order chi connectivity index (χ1) is 10.1. The standard InChI is InChI=1S/C15H24N2O2.C2H6/c1-5-9-17(10-6-2)15(18)14-8-7-13(19-4)11-12(3)16-14;1-2/h8,11H,5-7,9-10H2,1-4H3;1-2H3. The Balaban J connectivity index is 0.00000191. The molecule has 1 rings (SSSR count). The summed E-state index contributed by atoms with van der Waals surface area (Å²) in [6.45, 7) is 11.6. The minimum atomic E-state index is 0.0220. The molecule has 4 nitrogen and oxygen atoms in total. The van der Waals surface area contributed by atoms with Crippen molar-refractivity contribution >= 4 is 11.6 Å². The van der Waals surface area contributed by atoms with Gasteiger partial charge >= 0.3 is 0 Å². The number of ether oxygens (including phenoxy) is 1. The largest absolute Gasteiger partial charge is 0.501 e. The number of carbonyl (C=O) groups excluding carboxylic acids is 1. The maximum Gasteiger partial charge on any atom is 0.272 e. The molecule has 0 N–H and O–H groups in total. The Morgan fingerprint density at radius 1 is 1.29 bits per heavy atom. The third kappa shape index (κ3) is 6.61. The molecule has 0 unspecified atom stereocenters. The van der Waals surface area contributed by atoms with E-state index >= 15 is 0 Å². The highest BCUT2D eigenvalue weighted by atomic mass is 16.5. The number of carbonyl (C=O) groups is 1. The zero-order valence-corrected chi connectivity index (χ0v) is 14.4.